The van der Waals surface area contributed by atoms with Gasteiger partial charge in [-0.3, -0.25) is 9.69 Å². The lowest BCUT2D eigenvalue weighted by molar-refractivity contribution is -0.121. The van der Waals surface area contributed by atoms with Gasteiger partial charge in [-0.1, -0.05) is 8.93 Å². The fraction of sp³-hybridized carbons (Fsp3) is 0.857. The number of nitrogens with zero attached hydrogens (tertiary/aromatic N) is 1. The first-order chi connectivity index (χ1) is 6.25. The molecule has 13 heavy (non-hydrogen) atoms. The summed E-state index contributed by atoms with van der Waals surface area (Å²) in [5, 5.41) is 0. The van der Waals surface area contributed by atoms with Crippen molar-refractivity contribution in [3.8, 4) is 0 Å². The molecular weight excluding hydrogens is 319 g/mol. The van der Waals surface area contributed by atoms with Crippen LogP contribution in [-0.2, 0) is 4.79 Å². The van der Waals surface area contributed by atoms with E-state index >= 15 is 0 Å². The second-order valence-electron chi connectivity index (χ2n) is 2.61. The number of hydrogen-bond donors (Lipinski definition) is 2. The molecule has 1 atom stereocenters. The first-order valence-electron chi connectivity index (χ1n) is 3.97. The molecule has 6 heteroatoms. The highest BCUT2D eigenvalue weighted by Crippen LogP contribution is 2.22. The van der Waals surface area contributed by atoms with Crippen molar-refractivity contribution in [3.05, 3.63) is 0 Å². The molecule has 1 rings (SSSR count). The van der Waals surface area contributed by atoms with E-state index in [2.05, 4.69) is 38.7 Å². The van der Waals surface area contributed by atoms with Crippen LogP contribution in [0.15, 0.2) is 0 Å². The molecule has 1 heterocycles. The number of amides is 1. The van der Waals surface area contributed by atoms with E-state index in [1.165, 1.54) is 0 Å². The molecule has 1 amide bonds. The molecule has 0 spiro atoms. The van der Waals surface area contributed by atoms with E-state index in [0.717, 1.165) is 25.3 Å². The lowest BCUT2D eigenvalue weighted by atomic mass is 10.2. The van der Waals surface area contributed by atoms with Crippen molar-refractivity contribution in [1.29, 1.82) is 0 Å². The maximum atomic E-state index is 10.9. The lowest BCUT2D eigenvalue weighted by Crippen LogP contribution is -2.39. The Balaban J connectivity index is 0.000000671. The smallest absolute Gasteiger partial charge is 0.234 e. The number of nitrogens with two attached hydrogens (primary N) is 1. The second kappa shape index (κ2) is 8.19. The van der Waals surface area contributed by atoms with Gasteiger partial charge >= 0.3 is 0 Å². The zero-order valence-electron chi connectivity index (χ0n) is 7.57. The summed E-state index contributed by atoms with van der Waals surface area (Å²) in [6.45, 7) is 1.02. The van der Waals surface area contributed by atoms with Gasteiger partial charge in [0.2, 0.25) is 5.91 Å². The van der Waals surface area contributed by atoms with Crippen LogP contribution in [0.3, 0.4) is 0 Å². The molecule has 0 aromatic rings. The van der Waals surface area contributed by atoms with E-state index in [1.54, 1.807) is 15.2 Å². The van der Waals surface area contributed by atoms with Crippen LogP contribution in [-0.4, -0.2) is 35.5 Å². The molecule has 0 aromatic heterocycles. The molecule has 1 aliphatic heterocycles. The van der Waals surface area contributed by atoms with Crippen LogP contribution < -0.4 is 5.73 Å². The predicted molar refractivity (Wildman–Crippen MR) is 70.3 cm³/mol. The molecule has 0 bridgehead atoms. The molecule has 0 saturated carbocycles. The Hall–Kier alpha value is 0.860. The van der Waals surface area contributed by atoms with E-state index < -0.39 is 0 Å². The van der Waals surface area contributed by atoms with Crippen LogP contribution in [0.25, 0.3) is 0 Å². The van der Waals surface area contributed by atoms with E-state index in [1.807, 2.05) is 0 Å². The third-order valence-electron chi connectivity index (χ3n) is 1.91. The molecule has 0 radical (unpaired) electrons. The van der Waals surface area contributed by atoms with Crippen molar-refractivity contribution >= 4 is 48.7 Å². The summed E-state index contributed by atoms with van der Waals surface area (Å²) in [5.74, 6) is 0.738. The average Bonchev–Trinajstić information content (AvgIpc) is 2.57. The van der Waals surface area contributed by atoms with Gasteiger partial charge in [-0.05, 0) is 46.8 Å². The first kappa shape index (κ1) is 13.9. The van der Waals surface area contributed by atoms with Crippen molar-refractivity contribution in [1.82, 2.24) is 4.90 Å². The number of halogens is 1. The van der Waals surface area contributed by atoms with Crippen LogP contribution in [0, 0.1) is 0 Å². The zero-order chi connectivity index (χ0) is 10.3. The minimum atomic E-state index is -0.173. The Morgan fingerprint density at radius 3 is 2.85 bits per heavy atom. The topological polar surface area (TPSA) is 46.3 Å². The molecule has 0 aliphatic carbocycles. The zero-order valence-corrected chi connectivity index (χ0v) is 11.4. The largest absolute Gasteiger partial charge is 0.368 e. The quantitative estimate of drug-likeness (QED) is 0.608. The summed E-state index contributed by atoms with van der Waals surface area (Å²) in [4.78, 5) is 13.0. The maximum Gasteiger partial charge on any atom is 0.234 e. The van der Waals surface area contributed by atoms with Crippen LogP contribution in [0.2, 0.25) is 0 Å². The van der Waals surface area contributed by atoms with Crippen molar-refractivity contribution in [2.45, 2.75) is 18.9 Å². The lowest BCUT2D eigenvalue weighted by Gasteiger charge is -2.19. The van der Waals surface area contributed by atoms with Crippen LogP contribution in [0.4, 0.5) is 0 Å². The number of carbonyl (C=O) groups excluding carboxylic acids is 1. The number of primary amides is 1. The minimum Gasteiger partial charge on any atom is -0.368 e. The monoisotopic (exact) mass is 334 g/mol. The Kier molecular flexibility index (Phi) is 8.73. The average molecular weight is 334 g/mol. The molecule has 0 aromatic carbocycles. The normalized spacial score (nSPS) is 22.2. The summed E-state index contributed by atoms with van der Waals surface area (Å²) < 4.78 is 0. The third kappa shape index (κ3) is 4.75. The summed E-state index contributed by atoms with van der Waals surface area (Å²) in [6, 6.07) is -0.00253. The van der Waals surface area contributed by atoms with Gasteiger partial charge in [-0.2, -0.15) is 12.6 Å². The van der Waals surface area contributed by atoms with E-state index in [0.29, 0.717) is 0 Å². The molecule has 78 valence electrons. The highest BCUT2D eigenvalue weighted by Gasteiger charge is 2.28. The number of likely N-dealkylation sites (tertiary alicyclic amines) is 1. The van der Waals surface area contributed by atoms with Gasteiger partial charge in [-0.25, -0.2) is 0 Å². The van der Waals surface area contributed by atoms with Gasteiger partial charge in [0.05, 0.1) is 11.9 Å². The van der Waals surface area contributed by atoms with Crippen molar-refractivity contribution in [3.63, 3.8) is 0 Å². The molecule has 1 unspecified atom stereocenters. The van der Waals surface area contributed by atoms with E-state index in [-0.39, 0.29) is 11.9 Å². The van der Waals surface area contributed by atoms with E-state index in [4.69, 9.17) is 5.73 Å². The van der Waals surface area contributed by atoms with Crippen LogP contribution in [0.1, 0.15) is 12.8 Å². The molecule has 2 N–H and O–H groups in total. The van der Waals surface area contributed by atoms with Gasteiger partial charge in [0.1, 0.15) is 0 Å². The Morgan fingerprint density at radius 2 is 2.38 bits per heavy atom. The summed E-state index contributed by atoms with van der Waals surface area (Å²) in [6.07, 6.45) is 3.73. The van der Waals surface area contributed by atoms with Crippen LogP contribution >= 0.6 is 42.8 Å². The minimum absolute atomic E-state index is 0.00253. The van der Waals surface area contributed by atoms with Crippen molar-refractivity contribution in [2.75, 3.05) is 18.7 Å². The molecule has 1 saturated heterocycles. The highest BCUT2D eigenvalue weighted by molar-refractivity contribution is 14.2. The van der Waals surface area contributed by atoms with Crippen LogP contribution in [0.5, 0.6) is 0 Å². The van der Waals surface area contributed by atoms with Gasteiger partial charge < -0.3 is 5.73 Å². The highest BCUT2D eigenvalue weighted by atomic mass is 127. The SMILES string of the molecule is CS.NC(=O)C1CCCN1CSI. The fourth-order valence-electron chi connectivity index (χ4n) is 1.37. The number of rotatable bonds is 3. The van der Waals surface area contributed by atoms with Gasteiger partial charge in [0, 0.05) is 0 Å². The number of carbonyl (C=O) groups is 1. The van der Waals surface area contributed by atoms with Gasteiger partial charge in [0.15, 0.2) is 0 Å². The number of hydrogen-bond acceptors (Lipinski definition) is 4. The van der Waals surface area contributed by atoms with Crippen molar-refractivity contribution < 1.29 is 4.79 Å². The molecular formula is C7H15IN2OS2. The Morgan fingerprint density at radius 1 is 1.77 bits per heavy atom. The fourth-order valence-corrected chi connectivity index (χ4v) is 2.87. The molecule has 3 nitrogen and oxygen atoms in total. The Labute approximate surface area is 101 Å². The van der Waals surface area contributed by atoms with Gasteiger partial charge in [0.25, 0.3) is 0 Å². The second-order valence-corrected chi connectivity index (χ2v) is 4.96. The molecule has 1 aliphatic rings. The first-order valence-corrected chi connectivity index (χ1v) is 8.39. The third-order valence-corrected chi connectivity index (χ3v) is 3.17. The predicted octanol–water partition coefficient (Wildman–Crippen LogP) is 1.52. The summed E-state index contributed by atoms with van der Waals surface area (Å²) in [5.41, 5.74) is 5.23. The number of thiol groups is 1. The standard InChI is InChI=1S/C6H11IN2OS.CH4S/c7-11-4-9-3-1-2-5(9)6(8)10;1-2/h5H,1-4H2,(H2,8,10);2H,1H3. The summed E-state index contributed by atoms with van der Waals surface area (Å²) >= 11 is 5.76. The summed E-state index contributed by atoms with van der Waals surface area (Å²) in [7, 11) is 1.71. The maximum absolute atomic E-state index is 10.9. The molecule has 1 fully saturated rings. The van der Waals surface area contributed by atoms with Crippen molar-refractivity contribution in [2.24, 2.45) is 5.73 Å². The Bertz CT molecular complexity index is 159. The van der Waals surface area contributed by atoms with Gasteiger partial charge in [-0.15, -0.1) is 0 Å². The van der Waals surface area contributed by atoms with E-state index in [9.17, 15) is 4.79 Å².